The van der Waals surface area contributed by atoms with Crippen LogP contribution in [0.4, 0.5) is 5.82 Å². The maximum Gasteiger partial charge on any atom is 0.250 e. The van der Waals surface area contributed by atoms with E-state index in [2.05, 4.69) is 78.6 Å². The lowest BCUT2D eigenvalue weighted by atomic mass is 10.1. The molecule has 0 saturated carbocycles. The van der Waals surface area contributed by atoms with Gasteiger partial charge in [-0.3, -0.25) is 14.2 Å². The number of hydrogen-bond acceptors (Lipinski definition) is 3. The summed E-state index contributed by atoms with van der Waals surface area (Å²) in [5.74, 6) is 0.312. The Kier molecular flexibility index (Phi) is 5.39. The van der Waals surface area contributed by atoms with Gasteiger partial charge in [-0.05, 0) is 51.3 Å². The van der Waals surface area contributed by atoms with Gasteiger partial charge in [-0.25, -0.2) is 0 Å². The maximum absolute atomic E-state index is 12.4. The highest BCUT2D eigenvalue weighted by Crippen LogP contribution is 2.22. The quantitative estimate of drug-likeness (QED) is 0.613. The summed E-state index contributed by atoms with van der Waals surface area (Å²) >= 11 is 6.78. The van der Waals surface area contributed by atoms with Crippen LogP contribution in [0.2, 0.25) is 0 Å². The number of nitrogens with zero attached hydrogens (tertiary/aromatic N) is 4. The van der Waals surface area contributed by atoms with Crippen LogP contribution in [0.3, 0.4) is 0 Å². The number of hydrogen-bond donors (Lipinski definition) is 1. The highest BCUT2D eigenvalue weighted by atomic mass is 79.9. The van der Waals surface area contributed by atoms with E-state index < -0.39 is 6.04 Å². The van der Waals surface area contributed by atoms with Gasteiger partial charge in [0, 0.05) is 12.4 Å². The van der Waals surface area contributed by atoms with E-state index in [1.807, 2.05) is 6.20 Å². The van der Waals surface area contributed by atoms with Crippen LogP contribution in [0.5, 0.6) is 0 Å². The molecule has 0 bridgehead atoms. The number of rotatable bonds is 5. The summed E-state index contributed by atoms with van der Waals surface area (Å²) in [6.07, 6.45) is 5.26. The Labute approximate surface area is 162 Å². The Morgan fingerprint density at radius 1 is 1.24 bits per heavy atom. The Morgan fingerprint density at radius 2 is 1.96 bits per heavy atom. The zero-order valence-electron chi connectivity index (χ0n) is 13.8. The topological polar surface area (TPSA) is 64.7 Å². The summed E-state index contributed by atoms with van der Waals surface area (Å²) < 4.78 is 4.95. The van der Waals surface area contributed by atoms with Crippen molar-refractivity contribution in [3.8, 4) is 0 Å². The molecule has 0 saturated heterocycles. The van der Waals surface area contributed by atoms with E-state index in [-0.39, 0.29) is 5.91 Å². The largest absolute Gasteiger partial charge is 0.306 e. The van der Waals surface area contributed by atoms with Gasteiger partial charge in [0.1, 0.15) is 6.04 Å². The van der Waals surface area contributed by atoms with Gasteiger partial charge in [-0.1, -0.05) is 29.8 Å². The summed E-state index contributed by atoms with van der Waals surface area (Å²) in [6.45, 7) is 4.48. The highest BCUT2D eigenvalue weighted by molar-refractivity contribution is 9.10. The van der Waals surface area contributed by atoms with Gasteiger partial charge in [-0.2, -0.15) is 10.2 Å². The predicted molar refractivity (Wildman–Crippen MR) is 103 cm³/mol. The Bertz CT molecular complexity index is 885. The monoisotopic (exact) mass is 465 g/mol. The van der Waals surface area contributed by atoms with Crippen molar-refractivity contribution in [3.63, 3.8) is 0 Å². The lowest BCUT2D eigenvalue weighted by Crippen LogP contribution is -2.24. The second kappa shape index (κ2) is 7.53. The number of aromatic nitrogens is 4. The van der Waals surface area contributed by atoms with Gasteiger partial charge in [0.05, 0.1) is 21.7 Å². The van der Waals surface area contributed by atoms with Gasteiger partial charge >= 0.3 is 0 Å². The third kappa shape index (κ3) is 4.38. The molecule has 1 aromatic carbocycles. The average molecular weight is 467 g/mol. The first-order valence-electron chi connectivity index (χ1n) is 7.71. The second-order valence-electron chi connectivity index (χ2n) is 5.81. The summed E-state index contributed by atoms with van der Waals surface area (Å²) in [5, 5.41) is 11.4. The SMILES string of the molecule is Cc1ccc(Cn2cc(Br)c(NC(=O)C(C)n3cc(Br)cn3)n2)cc1. The number of carbonyl (C=O) groups excluding carboxylic acids is 1. The van der Waals surface area contributed by atoms with E-state index in [1.165, 1.54) is 5.56 Å². The van der Waals surface area contributed by atoms with Crippen LogP contribution >= 0.6 is 31.9 Å². The first-order valence-corrected chi connectivity index (χ1v) is 9.30. The Balaban J connectivity index is 1.69. The molecule has 0 aliphatic rings. The van der Waals surface area contributed by atoms with Crippen molar-refractivity contribution in [1.82, 2.24) is 19.6 Å². The van der Waals surface area contributed by atoms with Crippen molar-refractivity contribution in [2.24, 2.45) is 0 Å². The molecule has 0 aliphatic carbocycles. The van der Waals surface area contributed by atoms with Crippen molar-refractivity contribution in [3.05, 3.63) is 62.9 Å². The standard InChI is InChI=1S/C17H17Br2N5O/c1-11-3-5-13(6-4-11)8-23-10-15(19)16(22-23)21-17(25)12(2)24-9-14(18)7-20-24/h3-7,9-10,12H,8H2,1-2H3,(H,21,22,25). The normalized spacial score (nSPS) is 12.2. The molecule has 3 rings (SSSR count). The van der Waals surface area contributed by atoms with Crippen LogP contribution in [0.25, 0.3) is 0 Å². The van der Waals surface area contributed by atoms with Gasteiger partial charge in [0.2, 0.25) is 5.91 Å². The molecule has 1 N–H and O–H groups in total. The average Bonchev–Trinajstić information content (AvgIpc) is 3.15. The van der Waals surface area contributed by atoms with Gasteiger partial charge < -0.3 is 5.32 Å². The minimum atomic E-state index is -0.444. The van der Waals surface area contributed by atoms with E-state index in [0.717, 1.165) is 14.5 Å². The van der Waals surface area contributed by atoms with Gasteiger partial charge in [0.25, 0.3) is 0 Å². The molecule has 6 nitrogen and oxygen atoms in total. The van der Waals surface area contributed by atoms with Crippen LogP contribution in [0, 0.1) is 6.92 Å². The van der Waals surface area contributed by atoms with E-state index in [1.54, 1.807) is 28.7 Å². The van der Waals surface area contributed by atoms with Crippen molar-refractivity contribution in [2.45, 2.75) is 26.4 Å². The molecule has 0 fully saturated rings. The van der Waals surface area contributed by atoms with E-state index in [4.69, 9.17) is 0 Å². The van der Waals surface area contributed by atoms with Crippen molar-refractivity contribution >= 4 is 43.6 Å². The molecule has 25 heavy (non-hydrogen) atoms. The van der Waals surface area contributed by atoms with Crippen LogP contribution in [-0.4, -0.2) is 25.5 Å². The van der Waals surface area contributed by atoms with Crippen molar-refractivity contribution in [1.29, 1.82) is 0 Å². The predicted octanol–water partition coefficient (Wildman–Crippen LogP) is 4.16. The van der Waals surface area contributed by atoms with E-state index in [0.29, 0.717) is 12.4 Å². The molecule has 130 valence electrons. The maximum atomic E-state index is 12.4. The fraction of sp³-hybridized carbons (Fsp3) is 0.235. The Morgan fingerprint density at radius 3 is 2.60 bits per heavy atom. The molecule has 1 atom stereocenters. The van der Waals surface area contributed by atoms with Crippen molar-refractivity contribution in [2.75, 3.05) is 5.32 Å². The van der Waals surface area contributed by atoms with Gasteiger partial charge in [0.15, 0.2) is 5.82 Å². The fourth-order valence-corrected chi connectivity index (χ4v) is 3.03. The highest BCUT2D eigenvalue weighted by Gasteiger charge is 2.18. The first kappa shape index (κ1) is 17.9. The van der Waals surface area contributed by atoms with E-state index in [9.17, 15) is 4.79 Å². The number of benzene rings is 1. The molecule has 0 aliphatic heterocycles. The number of amides is 1. The smallest absolute Gasteiger partial charge is 0.250 e. The molecule has 1 unspecified atom stereocenters. The first-order chi connectivity index (χ1) is 11.9. The molecule has 3 aromatic rings. The van der Waals surface area contributed by atoms with Crippen LogP contribution in [-0.2, 0) is 11.3 Å². The number of halogens is 2. The summed E-state index contributed by atoms with van der Waals surface area (Å²) in [7, 11) is 0. The summed E-state index contributed by atoms with van der Waals surface area (Å²) in [6, 6.07) is 7.84. The zero-order valence-corrected chi connectivity index (χ0v) is 17.0. The molecule has 2 heterocycles. The number of anilines is 1. The molecule has 0 spiro atoms. The third-order valence-electron chi connectivity index (χ3n) is 3.77. The molecule has 0 radical (unpaired) electrons. The molecule has 8 heteroatoms. The molecule has 2 aromatic heterocycles. The second-order valence-corrected chi connectivity index (χ2v) is 7.58. The fourth-order valence-electron chi connectivity index (χ4n) is 2.31. The number of aryl methyl sites for hydroxylation is 1. The molecular weight excluding hydrogens is 450 g/mol. The van der Waals surface area contributed by atoms with Crippen LogP contribution < -0.4 is 5.32 Å². The van der Waals surface area contributed by atoms with Crippen LogP contribution in [0.15, 0.2) is 51.8 Å². The van der Waals surface area contributed by atoms with Gasteiger partial charge in [-0.15, -0.1) is 0 Å². The van der Waals surface area contributed by atoms with E-state index >= 15 is 0 Å². The summed E-state index contributed by atoms with van der Waals surface area (Å²) in [4.78, 5) is 12.4. The molecule has 1 amide bonds. The lowest BCUT2D eigenvalue weighted by Gasteiger charge is -2.11. The van der Waals surface area contributed by atoms with Crippen molar-refractivity contribution < 1.29 is 4.79 Å². The number of carbonyl (C=O) groups is 1. The summed E-state index contributed by atoms with van der Waals surface area (Å²) in [5.41, 5.74) is 2.37. The van der Waals surface area contributed by atoms with Crippen LogP contribution in [0.1, 0.15) is 24.1 Å². The Hall–Kier alpha value is -1.93. The minimum Gasteiger partial charge on any atom is -0.306 e. The third-order valence-corrected chi connectivity index (χ3v) is 4.76. The molecular formula is C17H17Br2N5O. The zero-order chi connectivity index (χ0) is 18.0. The minimum absolute atomic E-state index is 0.183. The number of nitrogens with one attached hydrogen (secondary N) is 1. The lowest BCUT2D eigenvalue weighted by molar-refractivity contribution is -0.119.